The van der Waals surface area contributed by atoms with Gasteiger partial charge in [-0.05, 0) is 31.0 Å². The number of nitrogens with one attached hydrogen (secondary N) is 2. The quantitative estimate of drug-likeness (QED) is 0.505. The van der Waals surface area contributed by atoms with Gasteiger partial charge in [-0.3, -0.25) is 14.9 Å². The summed E-state index contributed by atoms with van der Waals surface area (Å²) in [5, 5.41) is 7.75. The van der Waals surface area contributed by atoms with Gasteiger partial charge in [0.15, 0.2) is 15.0 Å². The maximum absolute atomic E-state index is 12.8. The lowest BCUT2D eigenvalue weighted by molar-refractivity contribution is -0.119. The molecule has 7 nitrogen and oxygen atoms in total. The molecule has 0 spiro atoms. The van der Waals surface area contributed by atoms with Gasteiger partial charge in [-0.1, -0.05) is 43.3 Å². The molecular formula is C23H25N3O4S2. The van der Waals surface area contributed by atoms with Crippen LogP contribution in [0.1, 0.15) is 49.2 Å². The van der Waals surface area contributed by atoms with Crippen LogP contribution in [0.3, 0.4) is 0 Å². The fraction of sp³-hybridized carbons (Fsp3) is 0.261. The monoisotopic (exact) mass is 471 g/mol. The second-order valence-electron chi connectivity index (χ2n) is 7.35. The molecule has 0 aliphatic carbocycles. The lowest BCUT2D eigenvalue weighted by Gasteiger charge is -2.13. The smallest absolute Gasteiger partial charge is 0.258 e. The molecule has 1 aromatic heterocycles. The van der Waals surface area contributed by atoms with E-state index in [1.165, 1.54) is 30.4 Å². The minimum atomic E-state index is -3.54. The second-order valence-corrected chi connectivity index (χ2v) is 10.3. The molecule has 0 aliphatic rings. The summed E-state index contributed by atoms with van der Waals surface area (Å²) in [5.41, 5.74) is 2.63. The van der Waals surface area contributed by atoms with Crippen LogP contribution in [0.5, 0.6) is 0 Å². The number of nitrogens with zero attached hydrogens (tertiary/aromatic N) is 1. The van der Waals surface area contributed by atoms with Gasteiger partial charge < -0.3 is 5.32 Å². The maximum Gasteiger partial charge on any atom is 0.258 e. The number of carbonyl (C=O) groups excluding carboxylic acids is 2. The van der Waals surface area contributed by atoms with Crippen molar-refractivity contribution in [1.29, 1.82) is 0 Å². The molecule has 0 saturated heterocycles. The molecule has 0 fully saturated rings. The molecule has 0 radical (unpaired) electrons. The normalized spacial score (nSPS) is 12.2. The van der Waals surface area contributed by atoms with E-state index in [2.05, 4.69) is 15.6 Å². The first-order valence-corrected chi connectivity index (χ1v) is 12.7. The number of rotatable bonds is 8. The number of hydrogen-bond donors (Lipinski definition) is 2. The Balaban J connectivity index is 1.76. The Morgan fingerprint density at radius 2 is 1.78 bits per heavy atom. The largest absolute Gasteiger partial charge is 0.350 e. The van der Waals surface area contributed by atoms with Crippen molar-refractivity contribution in [1.82, 2.24) is 10.3 Å². The van der Waals surface area contributed by atoms with Crippen molar-refractivity contribution in [2.75, 3.05) is 11.1 Å². The molecule has 0 aliphatic heterocycles. The summed E-state index contributed by atoms with van der Waals surface area (Å²) in [6, 6.07) is 13.7. The molecule has 2 amide bonds. The average molecular weight is 472 g/mol. The molecular weight excluding hydrogens is 446 g/mol. The van der Waals surface area contributed by atoms with Crippen LogP contribution in [0, 0.1) is 0 Å². The summed E-state index contributed by atoms with van der Waals surface area (Å²) in [4.78, 5) is 28.5. The van der Waals surface area contributed by atoms with Crippen LogP contribution in [-0.2, 0) is 14.6 Å². The van der Waals surface area contributed by atoms with E-state index < -0.39 is 15.7 Å². The van der Waals surface area contributed by atoms with Gasteiger partial charge in [0.2, 0.25) is 5.91 Å². The Morgan fingerprint density at radius 3 is 2.44 bits per heavy atom. The molecule has 0 saturated carbocycles. The third-order valence-electron chi connectivity index (χ3n) is 4.79. The average Bonchev–Trinajstić information content (AvgIpc) is 3.22. The van der Waals surface area contributed by atoms with E-state index in [0.717, 1.165) is 11.1 Å². The van der Waals surface area contributed by atoms with Crippen LogP contribution in [0.15, 0.2) is 58.8 Å². The number of carbonyl (C=O) groups is 2. The molecule has 168 valence electrons. The third kappa shape index (κ3) is 5.60. The summed E-state index contributed by atoms with van der Waals surface area (Å²) in [6.07, 6.45) is 0.469. The Morgan fingerprint density at radius 1 is 1.09 bits per heavy atom. The SMILES string of the molecule is CCCS(=O)(=O)c1ccccc1C(=O)Nc1nc(-c2ccc(C(C)NC(C)=O)cc2)cs1. The summed E-state index contributed by atoms with van der Waals surface area (Å²) in [6.45, 7) is 5.17. The van der Waals surface area contributed by atoms with Crippen LogP contribution < -0.4 is 10.6 Å². The highest BCUT2D eigenvalue weighted by atomic mass is 32.2. The molecule has 2 aromatic carbocycles. The van der Waals surface area contributed by atoms with E-state index in [1.807, 2.05) is 36.6 Å². The molecule has 32 heavy (non-hydrogen) atoms. The molecule has 0 bridgehead atoms. The van der Waals surface area contributed by atoms with Gasteiger partial charge in [0, 0.05) is 17.9 Å². The Labute approximate surface area is 191 Å². The zero-order chi connectivity index (χ0) is 23.3. The first-order valence-electron chi connectivity index (χ1n) is 10.2. The predicted molar refractivity (Wildman–Crippen MR) is 127 cm³/mol. The highest BCUT2D eigenvalue weighted by Crippen LogP contribution is 2.27. The number of aromatic nitrogens is 1. The van der Waals surface area contributed by atoms with Crippen LogP contribution in [0.2, 0.25) is 0 Å². The molecule has 3 rings (SSSR count). The predicted octanol–water partition coefficient (Wildman–Crippen LogP) is 4.44. The molecule has 1 heterocycles. The number of amides is 2. The van der Waals surface area contributed by atoms with E-state index in [9.17, 15) is 18.0 Å². The van der Waals surface area contributed by atoms with Crippen molar-refractivity contribution >= 4 is 38.1 Å². The van der Waals surface area contributed by atoms with Crippen molar-refractivity contribution in [2.24, 2.45) is 0 Å². The van der Waals surface area contributed by atoms with Gasteiger partial charge in [0.25, 0.3) is 5.91 Å². The van der Waals surface area contributed by atoms with E-state index >= 15 is 0 Å². The van der Waals surface area contributed by atoms with E-state index in [-0.39, 0.29) is 28.2 Å². The van der Waals surface area contributed by atoms with Crippen molar-refractivity contribution < 1.29 is 18.0 Å². The Hall–Kier alpha value is -3.04. The highest BCUT2D eigenvalue weighted by molar-refractivity contribution is 7.91. The van der Waals surface area contributed by atoms with Crippen LogP contribution in [0.4, 0.5) is 5.13 Å². The van der Waals surface area contributed by atoms with Gasteiger partial charge in [-0.15, -0.1) is 11.3 Å². The Bertz CT molecular complexity index is 1220. The molecule has 2 N–H and O–H groups in total. The summed E-state index contributed by atoms with van der Waals surface area (Å²) >= 11 is 1.26. The number of benzene rings is 2. The van der Waals surface area contributed by atoms with Crippen molar-refractivity contribution in [3.8, 4) is 11.3 Å². The maximum atomic E-state index is 12.8. The van der Waals surface area contributed by atoms with Gasteiger partial charge in [-0.2, -0.15) is 0 Å². The number of sulfone groups is 1. The van der Waals surface area contributed by atoms with Gasteiger partial charge in [-0.25, -0.2) is 13.4 Å². The second kappa shape index (κ2) is 10.1. The Kier molecular flexibility index (Phi) is 7.42. The minimum absolute atomic E-state index is 0.0186. The highest BCUT2D eigenvalue weighted by Gasteiger charge is 2.22. The van der Waals surface area contributed by atoms with Crippen LogP contribution in [-0.4, -0.2) is 31.0 Å². The number of hydrogen-bond acceptors (Lipinski definition) is 6. The van der Waals surface area contributed by atoms with Crippen molar-refractivity contribution in [2.45, 2.75) is 38.1 Å². The summed E-state index contributed by atoms with van der Waals surface area (Å²) < 4.78 is 25.0. The third-order valence-corrected chi connectivity index (χ3v) is 7.52. The molecule has 3 aromatic rings. The van der Waals surface area contributed by atoms with E-state index in [4.69, 9.17) is 0 Å². The van der Waals surface area contributed by atoms with E-state index in [1.54, 1.807) is 19.1 Å². The molecule has 1 unspecified atom stereocenters. The van der Waals surface area contributed by atoms with E-state index in [0.29, 0.717) is 17.2 Å². The topological polar surface area (TPSA) is 105 Å². The van der Waals surface area contributed by atoms with Gasteiger partial charge in [0.1, 0.15) is 0 Å². The van der Waals surface area contributed by atoms with Gasteiger partial charge >= 0.3 is 0 Å². The van der Waals surface area contributed by atoms with Crippen molar-refractivity contribution in [3.05, 3.63) is 65.0 Å². The molecule has 1 atom stereocenters. The number of anilines is 1. The minimum Gasteiger partial charge on any atom is -0.350 e. The fourth-order valence-electron chi connectivity index (χ4n) is 3.26. The zero-order valence-electron chi connectivity index (χ0n) is 18.1. The molecule has 9 heteroatoms. The lowest BCUT2D eigenvalue weighted by atomic mass is 10.1. The lowest BCUT2D eigenvalue weighted by Crippen LogP contribution is -2.23. The summed E-state index contributed by atoms with van der Waals surface area (Å²) in [5.74, 6) is -0.624. The first kappa shape index (κ1) is 23.6. The standard InChI is InChI=1S/C23H25N3O4S2/c1-4-13-32(29,30)21-8-6-5-7-19(21)22(28)26-23-25-20(14-31-23)18-11-9-17(10-12-18)15(2)24-16(3)27/h5-12,14-15H,4,13H2,1-3H3,(H,24,27)(H,25,26,28). The zero-order valence-corrected chi connectivity index (χ0v) is 19.7. The first-order chi connectivity index (χ1) is 15.2. The number of thiazole rings is 1. The summed E-state index contributed by atoms with van der Waals surface area (Å²) in [7, 11) is -3.54. The van der Waals surface area contributed by atoms with Crippen LogP contribution >= 0.6 is 11.3 Å². The van der Waals surface area contributed by atoms with Crippen LogP contribution in [0.25, 0.3) is 11.3 Å². The van der Waals surface area contributed by atoms with Crippen molar-refractivity contribution in [3.63, 3.8) is 0 Å². The fourth-order valence-corrected chi connectivity index (χ4v) is 5.52. The van der Waals surface area contributed by atoms with Gasteiger partial charge in [0.05, 0.1) is 27.9 Å².